The van der Waals surface area contributed by atoms with Crippen LogP contribution in [0.4, 0.5) is 13.2 Å². The lowest BCUT2D eigenvalue weighted by Crippen LogP contribution is -2.26. The summed E-state index contributed by atoms with van der Waals surface area (Å²) in [5, 5.41) is 10.4. The smallest absolute Gasteiger partial charge is 0.343 e. The largest absolute Gasteiger partial charge is 0.435 e. The summed E-state index contributed by atoms with van der Waals surface area (Å²) in [6, 6.07) is 2.64. The van der Waals surface area contributed by atoms with Crippen LogP contribution >= 0.6 is 11.3 Å². The molecular formula is C14H14F3N5OS. The van der Waals surface area contributed by atoms with Crippen molar-refractivity contribution in [3.8, 4) is 0 Å². The highest BCUT2D eigenvalue weighted by Crippen LogP contribution is 2.37. The molecule has 0 saturated carbocycles. The fourth-order valence-electron chi connectivity index (χ4n) is 2.37. The second kappa shape index (κ2) is 5.62. The van der Waals surface area contributed by atoms with Crippen LogP contribution in [0.3, 0.4) is 0 Å². The highest BCUT2D eigenvalue weighted by Gasteiger charge is 2.37. The number of nitrogens with one attached hydrogen (secondary N) is 1. The molecule has 0 radical (unpaired) electrons. The normalized spacial score (nSPS) is 13.4. The van der Waals surface area contributed by atoms with E-state index in [0.29, 0.717) is 10.5 Å². The molecule has 0 bridgehead atoms. The van der Waals surface area contributed by atoms with Gasteiger partial charge in [0.1, 0.15) is 4.83 Å². The maximum atomic E-state index is 13.0. The van der Waals surface area contributed by atoms with Crippen LogP contribution in [0.1, 0.15) is 34.0 Å². The van der Waals surface area contributed by atoms with Gasteiger partial charge < -0.3 is 5.32 Å². The number of aryl methyl sites for hydroxylation is 2. The zero-order chi connectivity index (χ0) is 17.6. The van der Waals surface area contributed by atoms with Crippen LogP contribution in [-0.2, 0) is 20.3 Å². The Balaban J connectivity index is 1.88. The molecule has 0 aliphatic rings. The zero-order valence-corrected chi connectivity index (χ0v) is 13.9. The summed E-state index contributed by atoms with van der Waals surface area (Å²) in [5.41, 5.74) is -0.308. The quantitative estimate of drug-likeness (QED) is 0.784. The molecule has 0 unspecified atom stereocenters. The lowest BCUT2D eigenvalue weighted by atomic mass is 10.2. The highest BCUT2D eigenvalue weighted by molar-refractivity contribution is 7.20. The Kier molecular flexibility index (Phi) is 3.86. The molecule has 1 amide bonds. The maximum Gasteiger partial charge on any atom is 0.435 e. The van der Waals surface area contributed by atoms with E-state index >= 15 is 0 Å². The summed E-state index contributed by atoms with van der Waals surface area (Å²) in [6.45, 7) is 1.76. The number of amides is 1. The van der Waals surface area contributed by atoms with Crippen LogP contribution in [0.15, 0.2) is 18.3 Å². The highest BCUT2D eigenvalue weighted by atomic mass is 32.1. The molecule has 3 heterocycles. The average Bonchev–Trinajstić information content (AvgIpc) is 3.14. The summed E-state index contributed by atoms with van der Waals surface area (Å²) < 4.78 is 41.7. The number of hydrogen-bond donors (Lipinski definition) is 1. The minimum Gasteiger partial charge on any atom is -0.343 e. The Bertz CT molecular complexity index is 907. The van der Waals surface area contributed by atoms with Crippen LogP contribution in [0.25, 0.3) is 10.2 Å². The van der Waals surface area contributed by atoms with E-state index in [0.717, 1.165) is 16.0 Å². The molecule has 3 rings (SSSR count). The van der Waals surface area contributed by atoms with Crippen molar-refractivity contribution in [2.45, 2.75) is 19.1 Å². The third kappa shape index (κ3) is 2.88. The first kappa shape index (κ1) is 16.5. The number of fused-ring (bicyclic) bond motifs is 1. The van der Waals surface area contributed by atoms with Gasteiger partial charge in [0.05, 0.1) is 16.6 Å². The summed E-state index contributed by atoms with van der Waals surface area (Å²) in [6.07, 6.45) is -2.81. The van der Waals surface area contributed by atoms with E-state index in [1.807, 2.05) is 0 Å². The van der Waals surface area contributed by atoms with E-state index < -0.39 is 17.8 Å². The number of alkyl halides is 3. The first-order valence-electron chi connectivity index (χ1n) is 7.01. The molecule has 0 fully saturated rings. The van der Waals surface area contributed by atoms with Crippen LogP contribution in [0, 0.1) is 0 Å². The minimum atomic E-state index is -4.56. The van der Waals surface area contributed by atoms with Crippen LogP contribution in [-0.4, -0.2) is 25.5 Å². The first-order chi connectivity index (χ1) is 11.2. The van der Waals surface area contributed by atoms with E-state index in [4.69, 9.17) is 0 Å². The molecule has 1 N–H and O–H groups in total. The second-order valence-electron chi connectivity index (χ2n) is 5.41. The van der Waals surface area contributed by atoms with Crippen molar-refractivity contribution in [1.29, 1.82) is 0 Å². The Hall–Kier alpha value is -2.36. The predicted molar refractivity (Wildman–Crippen MR) is 82.7 cm³/mol. The van der Waals surface area contributed by atoms with Gasteiger partial charge in [-0.05, 0) is 19.1 Å². The molecule has 0 aliphatic carbocycles. The zero-order valence-electron chi connectivity index (χ0n) is 13.0. The standard InChI is InChI=1S/C14H14F3N5OS/c1-7(9-4-5-21(2)19-9)18-12(23)10-6-8-11(14(15,16)17)20-22(3)13(8)24-10/h4-7H,1-3H3,(H,18,23)/t7-/m1/s1. The maximum absolute atomic E-state index is 13.0. The van der Waals surface area contributed by atoms with Crippen molar-refractivity contribution < 1.29 is 18.0 Å². The van der Waals surface area contributed by atoms with E-state index in [1.54, 1.807) is 30.9 Å². The number of aromatic nitrogens is 4. The Morgan fingerprint density at radius 1 is 1.33 bits per heavy atom. The summed E-state index contributed by atoms with van der Waals surface area (Å²) in [4.78, 5) is 12.8. The lowest BCUT2D eigenvalue weighted by Gasteiger charge is -2.10. The van der Waals surface area contributed by atoms with E-state index in [9.17, 15) is 18.0 Å². The monoisotopic (exact) mass is 357 g/mol. The number of rotatable bonds is 3. The number of carbonyl (C=O) groups excluding carboxylic acids is 1. The number of thiophene rings is 1. The van der Waals surface area contributed by atoms with Gasteiger partial charge in [0.25, 0.3) is 5.91 Å². The Morgan fingerprint density at radius 2 is 2.04 bits per heavy atom. The van der Waals surface area contributed by atoms with Gasteiger partial charge in [-0.1, -0.05) is 0 Å². The second-order valence-corrected chi connectivity index (χ2v) is 6.44. The van der Waals surface area contributed by atoms with E-state index in [2.05, 4.69) is 15.5 Å². The Morgan fingerprint density at radius 3 is 2.62 bits per heavy atom. The SMILES string of the molecule is C[C@@H](NC(=O)c1cc2c(C(F)(F)F)nn(C)c2s1)c1ccn(C)n1. The number of hydrogen-bond acceptors (Lipinski definition) is 4. The van der Waals surface area contributed by atoms with Gasteiger partial charge in [-0.15, -0.1) is 11.3 Å². The fraction of sp³-hybridized carbons (Fsp3) is 0.357. The molecule has 128 valence electrons. The third-order valence-corrected chi connectivity index (χ3v) is 4.73. The van der Waals surface area contributed by atoms with Gasteiger partial charge >= 0.3 is 6.18 Å². The molecule has 1 atom stereocenters. The summed E-state index contributed by atoms with van der Waals surface area (Å²) in [7, 11) is 3.18. The molecule has 0 saturated heterocycles. The van der Waals surface area contributed by atoms with E-state index in [1.165, 1.54) is 13.1 Å². The number of carbonyl (C=O) groups is 1. The van der Waals surface area contributed by atoms with Crippen molar-refractivity contribution in [2.75, 3.05) is 0 Å². The molecule has 24 heavy (non-hydrogen) atoms. The van der Waals surface area contributed by atoms with Crippen molar-refractivity contribution in [3.05, 3.63) is 34.6 Å². The minimum absolute atomic E-state index is 0.0642. The molecule has 0 aromatic carbocycles. The lowest BCUT2D eigenvalue weighted by molar-refractivity contribution is -0.140. The van der Waals surface area contributed by atoms with Gasteiger partial charge in [0.15, 0.2) is 5.69 Å². The van der Waals surface area contributed by atoms with Gasteiger partial charge in [-0.3, -0.25) is 14.2 Å². The van der Waals surface area contributed by atoms with Crippen molar-refractivity contribution in [3.63, 3.8) is 0 Å². The molecule has 0 aliphatic heterocycles. The molecule has 6 nitrogen and oxygen atoms in total. The van der Waals surface area contributed by atoms with Gasteiger partial charge in [-0.25, -0.2) is 0 Å². The van der Waals surface area contributed by atoms with E-state index in [-0.39, 0.29) is 16.3 Å². The van der Waals surface area contributed by atoms with Crippen LogP contribution in [0.5, 0.6) is 0 Å². The molecule has 3 aromatic heterocycles. The third-order valence-electron chi connectivity index (χ3n) is 3.53. The van der Waals surface area contributed by atoms with Crippen molar-refractivity contribution in [1.82, 2.24) is 24.9 Å². The number of nitrogens with zero attached hydrogens (tertiary/aromatic N) is 4. The topological polar surface area (TPSA) is 64.7 Å². The van der Waals surface area contributed by atoms with Crippen molar-refractivity contribution >= 4 is 27.5 Å². The van der Waals surface area contributed by atoms with Gasteiger partial charge in [-0.2, -0.15) is 23.4 Å². The van der Waals surface area contributed by atoms with Crippen LogP contribution in [0.2, 0.25) is 0 Å². The molecular weight excluding hydrogens is 343 g/mol. The predicted octanol–water partition coefficient (Wildman–Crippen LogP) is 2.88. The molecule has 10 heteroatoms. The van der Waals surface area contributed by atoms with Crippen LogP contribution < -0.4 is 5.32 Å². The molecule has 3 aromatic rings. The fourth-order valence-corrected chi connectivity index (χ4v) is 3.34. The van der Waals surface area contributed by atoms with Crippen molar-refractivity contribution in [2.24, 2.45) is 14.1 Å². The van der Waals surface area contributed by atoms with Gasteiger partial charge in [0.2, 0.25) is 0 Å². The summed E-state index contributed by atoms with van der Waals surface area (Å²) in [5.74, 6) is -0.442. The molecule has 0 spiro atoms. The van der Waals surface area contributed by atoms with Gasteiger partial charge in [0, 0.05) is 25.7 Å². The average molecular weight is 357 g/mol. The first-order valence-corrected chi connectivity index (χ1v) is 7.82. The Labute approximate surface area is 138 Å². The summed E-state index contributed by atoms with van der Waals surface area (Å²) >= 11 is 0.974. The number of halogens is 3.